The summed E-state index contributed by atoms with van der Waals surface area (Å²) in [5.74, 6) is 0.170. The average molecular weight is 273 g/mol. The number of morpholine rings is 1. The molecule has 0 aromatic heterocycles. The van der Waals surface area contributed by atoms with E-state index in [9.17, 15) is 4.79 Å². The highest BCUT2D eigenvalue weighted by Gasteiger charge is 2.26. The first-order valence-electron chi connectivity index (χ1n) is 6.45. The molecule has 1 aliphatic heterocycles. The Morgan fingerprint density at radius 3 is 2.61 bits per heavy atom. The zero-order valence-electron chi connectivity index (χ0n) is 11.2. The van der Waals surface area contributed by atoms with Gasteiger partial charge in [-0.15, -0.1) is 0 Å². The van der Waals surface area contributed by atoms with Gasteiger partial charge in [0.2, 0.25) is 5.91 Å². The van der Waals surface area contributed by atoms with E-state index in [1.165, 1.54) is 0 Å². The molecule has 6 heteroatoms. The maximum atomic E-state index is 12.3. The number of amides is 1. The van der Waals surface area contributed by atoms with E-state index >= 15 is 0 Å². The van der Waals surface area contributed by atoms with Crippen LogP contribution in [0.4, 0.5) is 0 Å². The van der Waals surface area contributed by atoms with Gasteiger partial charge in [0.05, 0.1) is 24.2 Å². The normalized spacial score (nSPS) is 17.8. The van der Waals surface area contributed by atoms with Crippen LogP contribution in [0.3, 0.4) is 0 Å². The monoisotopic (exact) mass is 273 g/mol. The second-order valence-electron chi connectivity index (χ2n) is 4.46. The van der Waals surface area contributed by atoms with Crippen molar-refractivity contribution in [3.63, 3.8) is 0 Å². The average Bonchev–Trinajstić information content (AvgIpc) is 2.39. The van der Waals surface area contributed by atoms with Crippen molar-refractivity contribution < 1.29 is 9.53 Å². The Bertz CT molecular complexity index is 293. The Kier molecular flexibility index (Phi) is 6.52. The van der Waals surface area contributed by atoms with E-state index in [-0.39, 0.29) is 11.9 Å². The Morgan fingerprint density at radius 2 is 2.11 bits per heavy atom. The molecular formula is C12H23N3O2S. The molecule has 0 bridgehead atoms. The molecule has 2 N–H and O–H groups in total. The summed E-state index contributed by atoms with van der Waals surface area (Å²) in [4.78, 5) is 16.8. The quantitative estimate of drug-likeness (QED) is 0.702. The van der Waals surface area contributed by atoms with Gasteiger partial charge in [0.25, 0.3) is 0 Å². The van der Waals surface area contributed by atoms with Crippen LogP contribution in [-0.4, -0.2) is 66.1 Å². The summed E-state index contributed by atoms with van der Waals surface area (Å²) in [6.45, 7) is 8.20. The number of hydrogen-bond donors (Lipinski definition) is 1. The number of thiocarbonyl (C=S) groups is 1. The Balaban J connectivity index is 2.50. The van der Waals surface area contributed by atoms with Crippen LogP contribution < -0.4 is 5.73 Å². The Labute approximate surface area is 114 Å². The van der Waals surface area contributed by atoms with E-state index in [1.807, 2.05) is 18.7 Å². The minimum atomic E-state index is -0.123. The van der Waals surface area contributed by atoms with Crippen LogP contribution in [0.15, 0.2) is 0 Å². The third-order valence-corrected chi connectivity index (χ3v) is 3.48. The van der Waals surface area contributed by atoms with Crippen LogP contribution in [-0.2, 0) is 9.53 Å². The lowest BCUT2D eigenvalue weighted by Gasteiger charge is -2.33. The molecule has 0 aromatic rings. The van der Waals surface area contributed by atoms with Crippen molar-refractivity contribution in [3.05, 3.63) is 0 Å². The highest BCUT2D eigenvalue weighted by molar-refractivity contribution is 7.80. The molecular weight excluding hydrogens is 250 g/mol. The Hall–Kier alpha value is -0.720. The predicted molar refractivity (Wildman–Crippen MR) is 75.5 cm³/mol. The maximum absolute atomic E-state index is 12.3. The van der Waals surface area contributed by atoms with Gasteiger partial charge in [-0.1, -0.05) is 19.1 Å². The highest BCUT2D eigenvalue weighted by Crippen LogP contribution is 2.07. The third kappa shape index (κ3) is 4.51. The lowest BCUT2D eigenvalue weighted by Crippen LogP contribution is -2.51. The van der Waals surface area contributed by atoms with Crippen molar-refractivity contribution in [1.82, 2.24) is 9.80 Å². The fourth-order valence-corrected chi connectivity index (χ4v) is 2.17. The first-order chi connectivity index (χ1) is 8.56. The highest BCUT2D eigenvalue weighted by atomic mass is 32.1. The van der Waals surface area contributed by atoms with Gasteiger partial charge >= 0.3 is 0 Å². The molecule has 18 heavy (non-hydrogen) atoms. The number of nitrogens with two attached hydrogens (primary N) is 1. The fraction of sp³-hybridized carbons (Fsp3) is 0.833. The molecule has 5 nitrogen and oxygen atoms in total. The van der Waals surface area contributed by atoms with Gasteiger partial charge in [-0.3, -0.25) is 9.69 Å². The number of nitrogens with zero attached hydrogens (tertiary/aromatic N) is 2. The van der Waals surface area contributed by atoms with Crippen molar-refractivity contribution in [3.8, 4) is 0 Å². The van der Waals surface area contributed by atoms with Crippen LogP contribution in [0, 0.1) is 0 Å². The van der Waals surface area contributed by atoms with Gasteiger partial charge < -0.3 is 15.4 Å². The summed E-state index contributed by atoms with van der Waals surface area (Å²) in [5, 5.41) is 0. The number of hydrogen-bond acceptors (Lipinski definition) is 4. The lowest BCUT2D eigenvalue weighted by atomic mass is 10.2. The molecule has 1 saturated heterocycles. The standard InChI is InChI=1S/C12H23N3O2S/c1-3-14(5-4-11(13)18)10(2)12(16)15-6-8-17-9-7-15/h10H,3-9H2,1-2H3,(H2,13,18). The molecule has 1 atom stereocenters. The lowest BCUT2D eigenvalue weighted by molar-refractivity contribution is -0.140. The number of rotatable bonds is 6. The summed E-state index contributed by atoms with van der Waals surface area (Å²) < 4.78 is 5.25. The van der Waals surface area contributed by atoms with E-state index in [1.54, 1.807) is 0 Å². The zero-order chi connectivity index (χ0) is 13.5. The van der Waals surface area contributed by atoms with Crippen molar-refractivity contribution in [2.45, 2.75) is 26.3 Å². The smallest absolute Gasteiger partial charge is 0.239 e. The number of carbonyl (C=O) groups is 1. The molecule has 1 fully saturated rings. The molecule has 0 aromatic carbocycles. The molecule has 1 heterocycles. The number of carbonyl (C=O) groups excluding carboxylic acids is 1. The van der Waals surface area contributed by atoms with Crippen LogP contribution >= 0.6 is 12.2 Å². The van der Waals surface area contributed by atoms with Crippen LogP contribution in [0.5, 0.6) is 0 Å². The van der Waals surface area contributed by atoms with Gasteiger partial charge in [0, 0.05) is 26.1 Å². The summed E-state index contributed by atoms with van der Waals surface area (Å²) >= 11 is 4.88. The Morgan fingerprint density at radius 1 is 1.50 bits per heavy atom. The van der Waals surface area contributed by atoms with E-state index < -0.39 is 0 Å². The van der Waals surface area contributed by atoms with Gasteiger partial charge in [0.1, 0.15) is 0 Å². The van der Waals surface area contributed by atoms with Gasteiger partial charge in [-0.25, -0.2) is 0 Å². The largest absolute Gasteiger partial charge is 0.393 e. The SMILES string of the molecule is CCN(CCC(N)=S)C(C)C(=O)N1CCOCC1. The molecule has 1 amide bonds. The first kappa shape index (κ1) is 15.3. The molecule has 0 aliphatic carbocycles. The third-order valence-electron chi connectivity index (χ3n) is 3.28. The van der Waals surface area contributed by atoms with E-state index in [0.717, 1.165) is 13.1 Å². The van der Waals surface area contributed by atoms with E-state index in [4.69, 9.17) is 22.7 Å². The van der Waals surface area contributed by atoms with E-state index in [0.29, 0.717) is 37.7 Å². The molecule has 0 spiro atoms. The molecule has 1 rings (SSSR count). The topological polar surface area (TPSA) is 58.8 Å². The van der Waals surface area contributed by atoms with Crippen molar-refractivity contribution in [2.75, 3.05) is 39.4 Å². The minimum absolute atomic E-state index is 0.123. The molecule has 0 radical (unpaired) electrons. The van der Waals surface area contributed by atoms with Gasteiger partial charge in [-0.05, 0) is 13.5 Å². The molecule has 1 aliphatic rings. The van der Waals surface area contributed by atoms with Crippen LogP contribution in [0.25, 0.3) is 0 Å². The number of likely N-dealkylation sites (N-methyl/N-ethyl adjacent to an activating group) is 1. The zero-order valence-corrected chi connectivity index (χ0v) is 12.0. The van der Waals surface area contributed by atoms with Crippen molar-refractivity contribution in [2.24, 2.45) is 5.73 Å². The van der Waals surface area contributed by atoms with Crippen molar-refractivity contribution in [1.29, 1.82) is 0 Å². The van der Waals surface area contributed by atoms with Crippen LogP contribution in [0.1, 0.15) is 20.3 Å². The minimum Gasteiger partial charge on any atom is -0.393 e. The van der Waals surface area contributed by atoms with Crippen LogP contribution in [0.2, 0.25) is 0 Å². The molecule has 104 valence electrons. The first-order valence-corrected chi connectivity index (χ1v) is 6.86. The summed E-state index contributed by atoms with van der Waals surface area (Å²) in [5.41, 5.74) is 5.51. The van der Waals surface area contributed by atoms with Crippen molar-refractivity contribution >= 4 is 23.1 Å². The second-order valence-corrected chi connectivity index (χ2v) is 4.98. The summed E-state index contributed by atoms with van der Waals surface area (Å²) in [7, 11) is 0. The summed E-state index contributed by atoms with van der Waals surface area (Å²) in [6.07, 6.45) is 0.657. The van der Waals surface area contributed by atoms with Gasteiger partial charge in [-0.2, -0.15) is 0 Å². The maximum Gasteiger partial charge on any atom is 0.239 e. The van der Waals surface area contributed by atoms with E-state index in [2.05, 4.69) is 4.90 Å². The predicted octanol–water partition coefficient (Wildman–Crippen LogP) is 0.232. The molecule has 0 saturated carbocycles. The van der Waals surface area contributed by atoms with Gasteiger partial charge in [0.15, 0.2) is 0 Å². The number of ether oxygens (including phenoxy) is 1. The molecule has 1 unspecified atom stereocenters. The second kappa shape index (κ2) is 7.66. The summed E-state index contributed by atoms with van der Waals surface area (Å²) in [6, 6.07) is -0.123. The fourth-order valence-electron chi connectivity index (χ4n) is 2.08.